The summed E-state index contributed by atoms with van der Waals surface area (Å²) in [7, 11) is -3.36. The smallest absolute Gasteiger partial charge is 0.387 e. The molecular formula is C42H63FN7O8P. The molecule has 0 bridgehead atoms. The van der Waals surface area contributed by atoms with Crippen LogP contribution >= 0.6 is 7.75 Å². The fraction of sp³-hybridized carbons (Fsp3) is 0.667. The van der Waals surface area contributed by atoms with Crippen molar-refractivity contribution in [3.8, 4) is 12.1 Å². The lowest BCUT2D eigenvalue weighted by molar-refractivity contribution is -0.0733. The van der Waals surface area contributed by atoms with Gasteiger partial charge in [0.25, 0.3) is 0 Å². The summed E-state index contributed by atoms with van der Waals surface area (Å²) in [6.45, 7) is 1.58. The number of nitrogen functional groups attached to an aromatic ring is 1. The summed E-state index contributed by atoms with van der Waals surface area (Å²) in [5.41, 5.74) is 4.90. The number of rotatable bonds is 29. The van der Waals surface area contributed by atoms with E-state index in [9.17, 15) is 34.6 Å². The molecule has 5 N–H and O–H groups in total. The van der Waals surface area contributed by atoms with Crippen LogP contribution in [0.4, 0.5) is 10.2 Å². The Balaban J connectivity index is 1.24. The monoisotopic (exact) mass is 843 g/mol. The minimum absolute atomic E-state index is 0.0423. The molecule has 3 aromatic rings. The SMILES string of the molecule is CCCCCCCCCCCCCCCCCCOC[C@H](CN(C)P(=O)(O)OC[C@@]1(C#N)O[C@@H](c2ccc3c(N)ncnn23)[C@H](O)[C@@H]1O)OCc1cc(F)cc(C#N)c1. The van der Waals surface area contributed by atoms with E-state index < -0.39 is 50.2 Å². The van der Waals surface area contributed by atoms with Crippen LogP contribution < -0.4 is 5.73 Å². The van der Waals surface area contributed by atoms with Gasteiger partial charge in [0, 0.05) is 13.2 Å². The lowest BCUT2D eigenvalue weighted by Gasteiger charge is -2.30. The van der Waals surface area contributed by atoms with Crippen LogP contribution in [0.5, 0.6) is 0 Å². The molecule has 0 aliphatic carbocycles. The van der Waals surface area contributed by atoms with E-state index in [0.29, 0.717) is 17.7 Å². The second kappa shape index (κ2) is 24.7. The van der Waals surface area contributed by atoms with Crippen molar-refractivity contribution in [1.82, 2.24) is 19.3 Å². The van der Waals surface area contributed by atoms with E-state index in [4.69, 9.17) is 24.5 Å². The van der Waals surface area contributed by atoms with Gasteiger partial charge in [0.2, 0.25) is 5.60 Å². The number of benzene rings is 1. The molecule has 17 heteroatoms. The number of likely N-dealkylation sites (N-methyl/N-ethyl adjacent to an activating group) is 1. The number of nitriles is 2. The number of aromatic nitrogens is 3. The highest BCUT2D eigenvalue weighted by Crippen LogP contribution is 2.49. The molecule has 15 nitrogen and oxygen atoms in total. The number of unbranched alkanes of at least 4 members (excludes halogenated alkanes) is 15. The number of hydrogen-bond donors (Lipinski definition) is 4. The Bertz CT molecular complexity index is 1860. The van der Waals surface area contributed by atoms with Gasteiger partial charge in [-0.3, -0.25) is 4.52 Å². The third-order valence-electron chi connectivity index (χ3n) is 10.8. The quantitative estimate of drug-likeness (QED) is 0.0398. The largest absolute Gasteiger partial charge is 0.405 e. The van der Waals surface area contributed by atoms with Gasteiger partial charge in [-0.1, -0.05) is 103 Å². The normalized spacial score (nSPS) is 20.8. The van der Waals surface area contributed by atoms with Crippen molar-refractivity contribution < 1.29 is 42.8 Å². The highest BCUT2D eigenvalue weighted by atomic mass is 31.2. The van der Waals surface area contributed by atoms with Gasteiger partial charge >= 0.3 is 7.75 Å². The van der Waals surface area contributed by atoms with Crippen LogP contribution in [-0.2, 0) is 29.9 Å². The number of aliphatic hydroxyl groups is 2. The van der Waals surface area contributed by atoms with E-state index in [1.54, 1.807) is 12.1 Å². The number of hydrogen-bond acceptors (Lipinski definition) is 12. The van der Waals surface area contributed by atoms with Gasteiger partial charge in [0.15, 0.2) is 5.82 Å². The number of aliphatic hydroxyl groups excluding tert-OH is 2. The Labute approximate surface area is 347 Å². The predicted molar refractivity (Wildman–Crippen MR) is 220 cm³/mol. The summed E-state index contributed by atoms with van der Waals surface area (Å²) in [6, 6.07) is 10.7. The minimum atomic E-state index is -4.68. The van der Waals surface area contributed by atoms with Gasteiger partial charge in [-0.15, -0.1) is 0 Å². The molecule has 0 radical (unpaired) electrons. The molecule has 1 aliphatic heterocycles. The zero-order valence-corrected chi connectivity index (χ0v) is 35.5. The molecule has 1 unspecified atom stereocenters. The first-order valence-electron chi connectivity index (χ1n) is 21.1. The summed E-state index contributed by atoms with van der Waals surface area (Å²) >= 11 is 0. The van der Waals surface area contributed by atoms with Gasteiger partial charge in [0.05, 0.1) is 36.6 Å². The molecule has 6 atom stereocenters. The summed E-state index contributed by atoms with van der Waals surface area (Å²) in [6.07, 6.45) is 15.8. The first-order valence-corrected chi connectivity index (χ1v) is 22.6. The van der Waals surface area contributed by atoms with Crippen molar-refractivity contribution >= 4 is 19.1 Å². The van der Waals surface area contributed by atoms with Crippen LogP contribution in [0.3, 0.4) is 0 Å². The second-order valence-electron chi connectivity index (χ2n) is 15.6. The Morgan fingerprint density at radius 3 is 2.24 bits per heavy atom. The minimum Gasteiger partial charge on any atom is -0.387 e. The molecule has 3 heterocycles. The van der Waals surface area contributed by atoms with Gasteiger partial charge in [-0.05, 0) is 49.4 Å². The summed E-state index contributed by atoms with van der Waals surface area (Å²) < 4.78 is 53.3. The van der Waals surface area contributed by atoms with Crippen molar-refractivity contribution in [2.75, 3.05) is 39.1 Å². The number of nitrogens with zero attached hydrogens (tertiary/aromatic N) is 6. The molecule has 0 amide bonds. The topological polar surface area (TPSA) is 222 Å². The third kappa shape index (κ3) is 14.6. The standard InChI is InChI=1S/C42H63FN7O8P/c1-3-4-5-6-7-8-9-10-11-12-13-14-15-16-17-18-21-55-28-35(56-27-33-22-32(25-44)23-34(43)24-33)26-49(2)59(53,54)57-30-42(29-45)40(52)38(51)39(58-42)36-19-20-37-41(46)47-31-48-50(36)37/h19-20,22-24,31,35,38-40,51-52H,3-18,21,26-28,30H2,1-2H3,(H,53,54)(H2,46,47,48)/t35-,38-,39-,40-,42+/m0/s1. The number of nitrogens with two attached hydrogens (primary N) is 1. The molecule has 4 rings (SSSR count). The molecule has 1 fully saturated rings. The molecule has 1 aromatic carbocycles. The van der Waals surface area contributed by atoms with E-state index in [0.717, 1.165) is 30.0 Å². The molecule has 0 saturated carbocycles. The maximum Gasteiger partial charge on any atom is 0.405 e. The maximum absolute atomic E-state index is 14.1. The highest BCUT2D eigenvalue weighted by Gasteiger charge is 2.57. The van der Waals surface area contributed by atoms with Gasteiger partial charge in [0.1, 0.15) is 48.6 Å². The van der Waals surface area contributed by atoms with Crippen LogP contribution in [0.15, 0.2) is 36.7 Å². The predicted octanol–water partition coefficient (Wildman–Crippen LogP) is 7.29. The molecule has 2 aromatic heterocycles. The average Bonchev–Trinajstić information content (AvgIpc) is 3.77. The maximum atomic E-state index is 14.1. The average molecular weight is 844 g/mol. The lowest BCUT2D eigenvalue weighted by Crippen LogP contribution is -2.46. The highest BCUT2D eigenvalue weighted by molar-refractivity contribution is 7.50. The number of anilines is 1. The van der Waals surface area contributed by atoms with Gasteiger partial charge < -0.3 is 35.1 Å². The van der Waals surface area contributed by atoms with E-state index >= 15 is 0 Å². The fourth-order valence-corrected chi connectivity index (χ4v) is 8.23. The second-order valence-corrected chi connectivity index (χ2v) is 17.5. The van der Waals surface area contributed by atoms with Crippen LogP contribution in [-0.4, -0.2) is 91.7 Å². The van der Waals surface area contributed by atoms with Gasteiger partial charge in [-0.25, -0.2) is 23.1 Å². The third-order valence-corrected chi connectivity index (χ3v) is 12.3. The van der Waals surface area contributed by atoms with Crippen molar-refractivity contribution in [2.24, 2.45) is 0 Å². The Hall–Kier alpha value is -3.54. The van der Waals surface area contributed by atoms with Crippen molar-refractivity contribution in [3.05, 3.63) is 59.3 Å². The van der Waals surface area contributed by atoms with Crippen LogP contribution in [0.1, 0.15) is 133 Å². The van der Waals surface area contributed by atoms with Crippen LogP contribution in [0.2, 0.25) is 0 Å². The molecule has 0 spiro atoms. The summed E-state index contributed by atoms with van der Waals surface area (Å²) in [5, 5.41) is 45.5. The van der Waals surface area contributed by atoms with Crippen molar-refractivity contribution in [3.63, 3.8) is 0 Å². The van der Waals surface area contributed by atoms with E-state index in [2.05, 4.69) is 17.0 Å². The zero-order chi connectivity index (χ0) is 42.7. The fourth-order valence-electron chi connectivity index (χ4n) is 7.28. The molecular weight excluding hydrogens is 780 g/mol. The van der Waals surface area contributed by atoms with Crippen molar-refractivity contribution in [2.45, 2.75) is 146 Å². The molecule has 1 saturated heterocycles. The van der Waals surface area contributed by atoms with Crippen LogP contribution in [0, 0.1) is 28.5 Å². The molecule has 1 aliphatic rings. The van der Waals surface area contributed by atoms with E-state index in [1.807, 2.05) is 12.1 Å². The number of halogens is 1. The lowest BCUT2D eigenvalue weighted by atomic mass is 9.96. The zero-order valence-electron chi connectivity index (χ0n) is 34.6. The first kappa shape index (κ1) is 48.1. The molecule has 326 valence electrons. The summed E-state index contributed by atoms with van der Waals surface area (Å²) in [4.78, 5) is 15.0. The van der Waals surface area contributed by atoms with Gasteiger partial charge in [-0.2, -0.15) is 15.6 Å². The van der Waals surface area contributed by atoms with E-state index in [-0.39, 0.29) is 36.8 Å². The van der Waals surface area contributed by atoms with Crippen molar-refractivity contribution in [1.29, 1.82) is 10.5 Å². The first-order chi connectivity index (χ1) is 28.4. The van der Waals surface area contributed by atoms with Crippen LogP contribution in [0.25, 0.3) is 5.52 Å². The Morgan fingerprint density at radius 1 is 1.00 bits per heavy atom. The number of ether oxygens (including phenoxy) is 3. The summed E-state index contributed by atoms with van der Waals surface area (Å²) in [5.74, 6) is -0.434. The van der Waals surface area contributed by atoms with E-state index in [1.165, 1.54) is 113 Å². The Morgan fingerprint density at radius 2 is 1.63 bits per heavy atom. The Kier molecular flexibility index (Phi) is 20.1. The number of fused-ring (bicyclic) bond motifs is 1. The molecule has 59 heavy (non-hydrogen) atoms.